The number of aryl methyl sites for hydroxylation is 1. The third-order valence-corrected chi connectivity index (χ3v) is 3.84. The van der Waals surface area contributed by atoms with Crippen LogP contribution in [-0.4, -0.2) is 15.1 Å². The van der Waals surface area contributed by atoms with E-state index in [1.54, 1.807) is 12.4 Å². The molecule has 0 bridgehead atoms. The molecule has 0 aliphatic heterocycles. The molecule has 0 saturated carbocycles. The maximum Gasteiger partial charge on any atom is 0.115 e. The van der Waals surface area contributed by atoms with Crippen molar-refractivity contribution in [3.05, 3.63) is 47.5 Å². The highest BCUT2D eigenvalue weighted by Gasteiger charge is 2.29. The lowest BCUT2D eigenvalue weighted by atomic mass is 9.86. The van der Waals surface area contributed by atoms with E-state index in [0.29, 0.717) is 17.6 Å². The number of aromatic amines is 1. The SMILES string of the molecule is CC(c1c[nH]cn1)C1CCc2ccc(O)cc21. The van der Waals surface area contributed by atoms with Crippen molar-refractivity contribution in [2.75, 3.05) is 0 Å². The Morgan fingerprint density at radius 3 is 3.12 bits per heavy atom. The molecular formula is C14H16N2O. The summed E-state index contributed by atoms with van der Waals surface area (Å²) in [6, 6.07) is 5.73. The minimum absolute atomic E-state index is 0.366. The summed E-state index contributed by atoms with van der Waals surface area (Å²) in [7, 11) is 0. The van der Waals surface area contributed by atoms with E-state index < -0.39 is 0 Å². The predicted octanol–water partition coefficient (Wildman–Crippen LogP) is 2.95. The highest BCUT2D eigenvalue weighted by molar-refractivity contribution is 5.42. The largest absolute Gasteiger partial charge is 0.508 e. The minimum atomic E-state index is 0.366. The first-order valence-corrected chi connectivity index (χ1v) is 6.06. The summed E-state index contributed by atoms with van der Waals surface area (Å²) >= 11 is 0. The number of H-pyrrole nitrogens is 1. The number of benzene rings is 1. The van der Waals surface area contributed by atoms with Gasteiger partial charge in [0.05, 0.1) is 12.0 Å². The van der Waals surface area contributed by atoms with Gasteiger partial charge in [0.2, 0.25) is 0 Å². The van der Waals surface area contributed by atoms with E-state index in [1.165, 1.54) is 11.1 Å². The van der Waals surface area contributed by atoms with E-state index in [0.717, 1.165) is 18.5 Å². The van der Waals surface area contributed by atoms with Crippen molar-refractivity contribution in [1.82, 2.24) is 9.97 Å². The predicted molar refractivity (Wildman–Crippen MR) is 66.2 cm³/mol. The molecule has 1 aliphatic carbocycles. The third kappa shape index (κ3) is 1.71. The smallest absolute Gasteiger partial charge is 0.115 e. The van der Waals surface area contributed by atoms with E-state index in [9.17, 15) is 5.11 Å². The molecule has 1 aromatic carbocycles. The van der Waals surface area contributed by atoms with Gasteiger partial charge in [0.25, 0.3) is 0 Å². The molecule has 2 N–H and O–H groups in total. The highest BCUT2D eigenvalue weighted by atomic mass is 16.3. The Hall–Kier alpha value is -1.77. The number of hydrogen-bond acceptors (Lipinski definition) is 2. The Kier molecular flexibility index (Phi) is 2.39. The van der Waals surface area contributed by atoms with Crippen molar-refractivity contribution >= 4 is 0 Å². The Balaban J connectivity index is 1.95. The molecule has 0 spiro atoms. The Labute approximate surface area is 101 Å². The second kappa shape index (κ2) is 3.91. The van der Waals surface area contributed by atoms with E-state index in [2.05, 4.69) is 16.9 Å². The number of nitrogens with one attached hydrogen (secondary N) is 1. The molecule has 3 rings (SSSR count). The van der Waals surface area contributed by atoms with Crippen LogP contribution in [0.1, 0.15) is 42.0 Å². The topological polar surface area (TPSA) is 48.9 Å². The van der Waals surface area contributed by atoms with Crippen molar-refractivity contribution in [1.29, 1.82) is 0 Å². The van der Waals surface area contributed by atoms with Gasteiger partial charge in [-0.2, -0.15) is 0 Å². The summed E-state index contributed by atoms with van der Waals surface area (Å²) in [6.45, 7) is 2.21. The fourth-order valence-electron chi connectivity index (χ4n) is 2.87. The number of aromatic hydroxyl groups is 1. The molecule has 2 atom stereocenters. The lowest BCUT2D eigenvalue weighted by Gasteiger charge is -2.18. The maximum absolute atomic E-state index is 9.60. The van der Waals surface area contributed by atoms with Gasteiger partial charge in [0, 0.05) is 12.1 Å². The molecule has 1 aliphatic rings. The molecule has 0 saturated heterocycles. The summed E-state index contributed by atoms with van der Waals surface area (Å²) < 4.78 is 0. The molecule has 2 unspecified atom stereocenters. The molecule has 1 heterocycles. The number of aromatic nitrogens is 2. The van der Waals surface area contributed by atoms with Crippen molar-refractivity contribution < 1.29 is 5.11 Å². The molecule has 1 aromatic heterocycles. The summed E-state index contributed by atoms with van der Waals surface area (Å²) in [5, 5.41) is 9.60. The van der Waals surface area contributed by atoms with E-state index >= 15 is 0 Å². The summed E-state index contributed by atoms with van der Waals surface area (Å²) in [5.74, 6) is 1.23. The lowest BCUT2D eigenvalue weighted by Crippen LogP contribution is -2.05. The number of hydrogen-bond donors (Lipinski definition) is 2. The van der Waals surface area contributed by atoms with Gasteiger partial charge >= 0.3 is 0 Å². The first-order valence-electron chi connectivity index (χ1n) is 6.06. The second-order valence-electron chi connectivity index (χ2n) is 4.81. The highest BCUT2D eigenvalue weighted by Crippen LogP contribution is 2.43. The summed E-state index contributed by atoms with van der Waals surface area (Å²) in [5.41, 5.74) is 3.77. The number of rotatable bonds is 2. The van der Waals surface area contributed by atoms with E-state index in [-0.39, 0.29) is 0 Å². The number of imidazole rings is 1. The average molecular weight is 228 g/mol. The molecule has 0 radical (unpaired) electrons. The van der Waals surface area contributed by atoms with Gasteiger partial charge < -0.3 is 10.1 Å². The Bertz CT molecular complexity index is 519. The standard InChI is InChI=1S/C14H16N2O/c1-9(14-7-15-8-16-14)12-5-3-10-2-4-11(17)6-13(10)12/h2,4,6-9,12,17H,3,5H2,1H3,(H,15,16). The zero-order chi connectivity index (χ0) is 11.8. The van der Waals surface area contributed by atoms with Crippen LogP contribution in [0, 0.1) is 0 Å². The van der Waals surface area contributed by atoms with E-state index in [4.69, 9.17) is 0 Å². The van der Waals surface area contributed by atoms with Crippen molar-refractivity contribution in [3.8, 4) is 5.75 Å². The van der Waals surface area contributed by atoms with Crippen LogP contribution in [0.3, 0.4) is 0 Å². The Morgan fingerprint density at radius 1 is 1.47 bits per heavy atom. The number of fused-ring (bicyclic) bond motifs is 1. The van der Waals surface area contributed by atoms with Gasteiger partial charge in [-0.15, -0.1) is 0 Å². The van der Waals surface area contributed by atoms with Crippen LogP contribution in [0.4, 0.5) is 0 Å². The molecule has 3 nitrogen and oxygen atoms in total. The van der Waals surface area contributed by atoms with Crippen LogP contribution in [0.25, 0.3) is 0 Å². The molecule has 88 valence electrons. The van der Waals surface area contributed by atoms with Gasteiger partial charge in [0.1, 0.15) is 5.75 Å². The van der Waals surface area contributed by atoms with Crippen LogP contribution in [0.15, 0.2) is 30.7 Å². The van der Waals surface area contributed by atoms with Gasteiger partial charge in [-0.3, -0.25) is 0 Å². The zero-order valence-corrected chi connectivity index (χ0v) is 9.85. The van der Waals surface area contributed by atoms with Crippen molar-refractivity contribution in [2.45, 2.75) is 31.6 Å². The quantitative estimate of drug-likeness (QED) is 0.830. The van der Waals surface area contributed by atoms with Gasteiger partial charge in [0.15, 0.2) is 0 Å². The molecule has 3 heteroatoms. The molecule has 0 fully saturated rings. The lowest BCUT2D eigenvalue weighted by molar-refractivity contribution is 0.472. The van der Waals surface area contributed by atoms with Crippen LogP contribution in [-0.2, 0) is 6.42 Å². The number of phenolic OH excluding ortho intramolecular Hbond substituents is 1. The van der Waals surface area contributed by atoms with Crippen molar-refractivity contribution in [2.24, 2.45) is 0 Å². The van der Waals surface area contributed by atoms with Gasteiger partial charge in [-0.1, -0.05) is 13.0 Å². The normalized spacial score (nSPS) is 20.2. The van der Waals surface area contributed by atoms with Crippen LogP contribution in [0.2, 0.25) is 0 Å². The fourth-order valence-corrected chi connectivity index (χ4v) is 2.87. The number of phenols is 1. The third-order valence-electron chi connectivity index (χ3n) is 3.84. The van der Waals surface area contributed by atoms with E-state index in [1.807, 2.05) is 18.3 Å². The van der Waals surface area contributed by atoms with Crippen LogP contribution < -0.4 is 0 Å². The summed E-state index contributed by atoms with van der Waals surface area (Å²) in [4.78, 5) is 7.35. The van der Waals surface area contributed by atoms with Crippen LogP contribution in [0.5, 0.6) is 5.75 Å². The molecular weight excluding hydrogens is 212 g/mol. The second-order valence-corrected chi connectivity index (χ2v) is 4.81. The Morgan fingerprint density at radius 2 is 2.35 bits per heavy atom. The first-order chi connectivity index (χ1) is 8.25. The number of nitrogens with zero attached hydrogens (tertiary/aromatic N) is 1. The van der Waals surface area contributed by atoms with Gasteiger partial charge in [-0.05, 0) is 42.0 Å². The van der Waals surface area contributed by atoms with Crippen molar-refractivity contribution in [3.63, 3.8) is 0 Å². The fraction of sp³-hybridized carbons (Fsp3) is 0.357. The molecule has 2 aromatic rings. The van der Waals surface area contributed by atoms with Gasteiger partial charge in [-0.25, -0.2) is 4.98 Å². The average Bonchev–Trinajstić information content (AvgIpc) is 2.97. The summed E-state index contributed by atoms with van der Waals surface area (Å²) in [6.07, 6.45) is 5.94. The molecule has 0 amide bonds. The maximum atomic E-state index is 9.60. The monoisotopic (exact) mass is 228 g/mol. The molecule has 17 heavy (non-hydrogen) atoms. The first kappa shape index (κ1) is 10.4. The van der Waals surface area contributed by atoms with Crippen LogP contribution >= 0.6 is 0 Å². The zero-order valence-electron chi connectivity index (χ0n) is 9.85. The minimum Gasteiger partial charge on any atom is -0.508 e.